The lowest BCUT2D eigenvalue weighted by atomic mass is 10.1. The van der Waals surface area contributed by atoms with E-state index in [1.165, 1.54) is 10.6 Å². The van der Waals surface area contributed by atoms with Crippen molar-refractivity contribution < 1.29 is 8.78 Å². The molecule has 0 amide bonds. The van der Waals surface area contributed by atoms with Crippen molar-refractivity contribution in [2.75, 3.05) is 0 Å². The number of benzene rings is 2. The Labute approximate surface area is 198 Å². The highest BCUT2D eigenvalue weighted by molar-refractivity contribution is 6.30. The Bertz CT molecular complexity index is 1580. The molecule has 0 bridgehead atoms. The Morgan fingerprint density at radius 3 is 2.35 bits per heavy atom. The predicted molar refractivity (Wildman–Crippen MR) is 126 cm³/mol. The van der Waals surface area contributed by atoms with Crippen LogP contribution in [0, 0.1) is 25.5 Å². The van der Waals surface area contributed by atoms with Crippen LogP contribution in [0.2, 0.25) is 5.02 Å². The zero-order valence-corrected chi connectivity index (χ0v) is 19.0. The SMILES string of the molecule is Cc1cc(-c2nn(-c3ccc(-n4cc(F)c(F)c4)cc3C)ccc2=O)n(-c2cccc(Cl)c2)n1. The Hall–Kier alpha value is -4.04. The first-order valence-corrected chi connectivity index (χ1v) is 10.8. The molecule has 0 saturated carbocycles. The molecule has 3 aromatic heterocycles. The van der Waals surface area contributed by atoms with Crippen LogP contribution in [0.4, 0.5) is 8.78 Å². The van der Waals surface area contributed by atoms with Gasteiger partial charge in [-0.25, -0.2) is 18.1 Å². The molecule has 0 aliphatic rings. The van der Waals surface area contributed by atoms with Gasteiger partial charge in [0.1, 0.15) is 0 Å². The average Bonchev–Trinajstić information content (AvgIpc) is 3.36. The van der Waals surface area contributed by atoms with Crippen molar-refractivity contribution in [3.63, 3.8) is 0 Å². The van der Waals surface area contributed by atoms with Gasteiger partial charge in [-0.2, -0.15) is 10.2 Å². The molecule has 0 saturated heterocycles. The lowest BCUT2D eigenvalue weighted by Crippen LogP contribution is -2.15. The van der Waals surface area contributed by atoms with Crippen molar-refractivity contribution in [1.82, 2.24) is 24.1 Å². The molecule has 0 aliphatic carbocycles. The normalized spacial score (nSPS) is 11.2. The van der Waals surface area contributed by atoms with E-state index < -0.39 is 11.6 Å². The molecule has 9 heteroatoms. The molecule has 6 nitrogen and oxygen atoms in total. The second-order valence-electron chi connectivity index (χ2n) is 7.87. The summed E-state index contributed by atoms with van der Waals surface area (Å²) in [5, 5.41) is 9.67. The fourth-order valence-corrected chi connectivity index (χ4v) is 3.99. The van der Waals surface area contributed by atoms with E-state index in [4.69, 9.17) is 11.6 Å². The lowest BCUT2D eigenvalue weighted by molar-refractivity contribution is 0.516. The van der Waals surface area contributed by atoms with Crippen molar-refractivity contribution in [2.24, 2.45) is 0 Å². The molecule has 2 aromatic carbocycles. The van der Waals surface area contributed by atoms with Gasteiger partial charge in [0.15, 0.2) is 17.3 Å². The highest BCUT2D eigenvalue weighted by Crippen LogP contribution is 2.24. The van der Waals surface area contributed by atoms with E-state index in [-0.39, 0.29) is 11.1 Å². The molecule has 0 spiro atoms. The van der Waals surface area contributed by atoms with E-state index in [9.17, 15) is 13.6 Å². The second-order valence-corrected chi connectivity index (χ2v) is 8.30. The number of hydrogen-bond donors (Lipinski definition) is 0. The number of nitrogens with zero attached hydrogens (tertiary/aromatic N) is 5. The minimum atomic E-state index is -0.917. The van der Waals surface area contributed by atoms with Crippen LogP contribution < -0.4 is 5.43 Å². The van der Waals surface area contributed by atoms with Gasteiger partial charge >= 0.3 is 0 Å². The maximum Gasteiger partial charge on any atom is 0.209 e. The summed E-state index contributed by atoms with van der Waals surface area (Å²) in [5.74, 6) is -1.83. The van der Waals surface area contributed by atoms with Gasteiger partial charge in [0.25, 0.3) is 0 Å². The minimum Gasteiger partial charge on any atom is -0.318 e. The standard InChI is InChI=1S/C25H18ClF2N5O/c1-15-10-18(31-13-20(27)21(28)14-31)6-7-22(15)32-9-8-24(34)25(30-32)23-11-16(2)29-33(23)19-5-3-4-17(26)12-19/h3-14H,1-2H3. The van der Waals surface area contributed by atoms with E-state index in [1.54, 1.807) is 52.0 Å². The third-order valence-corrected chi connectivity index (χ3v) is 5.63. The summed E-state index contributed by atoms with van der Waals surface area (Å²) < 4.78 is 31.5. The quantitative estimate of drug-likeness (QED) is 0.347. The van der Waals surface area contributed by atoms with Crippen molar-refractivity contribution >= 4 is 11.6 Å². The fourth-order valence-electron chi connectivity index (χ4n) is 3.80. The zero-order chi connectivity index (χ0) is 24.0. The van der Waals surface area contributed by atoms with Crippen LogP contribution in [0.15, 0.2) is 78.0 Å². The number of halogens is 3. The van der Waals surface area contributed by atoms with Gasteiger partial charge in [0.05, 0.1) is 22.8 Å². The zero-order valence-electron chi connectivity index (χ0n) is 18.2. The molecule has 5 aromatic rings. The summed E-state index contributed by atoms with van der Waals surface area (Å²) in [6, 6.07) is 15.7. The highest BCUT2D eigenvalue weighted by atomic mass is 35.5. The molecule has 170 valence electrons. The van der Waals surface area contributed by atoms with Gasteiger partial charge in [0.2, 0.25) is 5.43 Å². The first-order valence-electron chi connectivity index (χ1n) is 10.4. The van der Waals surface area contributed by atoms with Crippen molar-refractivity contribution in [3.05, 3.63) is 111 Å². The number of aryl methyl sites for hydroxylation is 2. The third-order valence-electron chi connectivity index (χ3n) is 5.39. The number of aromatic nitrogens is 5. The van der Waals surface area contributed by atoms with E-state index in [0.717, 1.165) is 23.7 Å². The predicted octanol–water partition coefficient (Wildman–Crippen LogP) is 5.42. The molecule has 3 heterocycles. The summed E-state index contributed by atoms with van der Waals surface area (Å²) in [6.07, 6.45) is 3.74. The van der Waals surface area contributed by atoms with Gasteiger partial charge in [-0.15, -0.1) is 0 Å². The lowest BCUT2D eigenvalue weighted by Gasteiger charge is -2.13. The van der Waals surface area contributed by atoms with Crippen molar-refractivity contribution in [3.8, 4) is 28.5 Å². The van der Waals surface area contributed by atoms with Crippen LogP contribution in [-0.2, 0) is 0 Å². The molecule has 34 heavy (non-hydrogen) atoms. The molecule has 0 N–H and O–H groups in total. The summed E-state index contributed by atoms with van der Waals surface area (Å²) in [4.78, 5) is 12.8. The maximum absolute atomic E-state index is 13.4. The minimum absolute atomic E-state index is 0.223. The Morgan fingerprint density at radius 2 is 1.65 bits per heavy atom. The number of hydrogen-bond acceptors (Lipinski definition) is 3. The van der Waals surface area contributed by atoms with Crippen molar-refractivity contribution in [2.45, 2.75) is 13.8 Å². The topological polar surface area (TPSA) is 57.6 Å². The maximum atomic E-state index is 13.4. The van der Waals surface area contributed by atoms with Crippen LogP contribution in [0.1, 0.15) is 11.3 Å². The summed E-state index contributed by atoms with van der Waals surface area (Å²) >= 11 is 6.15. The van der Waals surface area contributed by atoms with Crippen LogP contribution in [0.5, 0.6) is 0 Å². The van der Waals surface area contributed by atoms with E-state index in [2.05, 4.69) is 10.2 Å². The monoisotopic (exact) mass is 477 g/mol. The van der Waals surface area contributed by atoms with Gasteiger partial charge in [0, 0.05) is 35.4 Å². The van der Waals surface area contributed by atoms with Crippen molar-refractivity contribution in [1.29, 1.82) is 0 Å². The Morgan fingerprint density at radius 1 is 0.882 bits per heavy atom. The van der Waals surface area contributed by atoms with Crippen LogP contribution in [0.3, 0.4) is 0 Å². The second kappa shape index (κ2) is 8.39. The first-order chi connectivity index (χ1) is 16.3. The molecule has 0 fully saturated rings. The number of rotatable bonds is 4. The Balaban J connectivity index is 1.59. The average molecular weight is 478 g/mol. The molecule has 0 atom stereocenters. The highest BCUT2D eigenvalue weighted by Gasteiger charge is 2.16. The largest absolute Gasteiger partial charge is 0.318 e. The summed E-state index contributed by atoms with van der Waals surface area (Å²) in [7, 11) is 0. The molecule has 0 unspecified atom stereocenters. The van der Waals surface area contributed by atoms with E-state index in [1.807, 2.05) is 26.0 Å². The van der Waals surface area contributed by atoms with Gasteiger partial charge in [-0.1, -0.05) is 17.7 Å². The summed E-state index contributed by atoms with van der Waals surface area (Å²) in [5.41, 5.74) is 4.04. The van der Waals surface area contributed by atoms with E-state index >= 15 is 0 Å². The summed E-state index contributed by atoms with van der Waals surface area (Å²) in [6.45, 7) is 3.69. The smallest absolute Gasteiger partial charge is 0.209 e. The molecule has 0 aliphatic heterocycles. The van der Waals surface area contributed by atoms with Crippen LogP contribution in [-0.4, -0.2) is 24.1 Å². The van der Waals surface area contributed by atoms with Crippen LogP contribution in [0.25, 0.3) is 28.5 Å². The van der Waals surface area contributed by atoms with Gasteiger partial charge in [-0.05, 0) is 61.9 Å². The molecular formula is C25H18ClF2N5O. The fraction of sp³-hybridized carbons (Fsp3) is 0.0800. The first kappa shape index (κ1) is 21.8. The van der Waals surface area contributed by atoms with Gasteiger partial charge < -0.3 is 4.57 Å². The Kier molecular flexibility index (Phi) is 5.37. The van der Waals surface area contributed by atoms with Gasteiger partial charge in [-0.3, -0.25) is 4.79 Å². The molecule has 5 rings (SSSR count). The van der Waals surface area contributed by atoms with E-state index in [0.29, 0.717) is 27.8 Å². The molecular weight excluding hydrogens is 460 g/mol. The van der Waals surface area contributed by atoms with Crippen LogP contribution >= 0.6 is 11.6 Å². The third kappa shape index (κ3) is 3.92. The molecule has 0 radical (unpaired) electrons.